The Balaban J connectivity index is 1.95. The smallest absolute Gasteiger partial charge is 0.0236 e. The van der Waals surface area contributed by atoms with Crippen LogP contribution in [-0.2, 0) is 6.54 Å². The number of rotatable bonds is 6. The second-order valence-electron chi connectivity index (χ2n) is 5.60. The van der Waals surface area contributed by atoms with Crippen molar-refractivity contribution in [2.75, 3.05) is 6.54 Å². The molecule has 0 saturated heterocycles. The Morgan fingerprint density at radius 2 is 1.78 bits per heavy atom. The van der Waals surface area contributed by atoms with Crippen LogP contribution in [0.2, 0.25) is 0 Å². The van der Waals surface area contributed by atoms with Gasteiger partial charge < -0.3 is 0 Å². The topological polar surface area (TPSA) is 3.24 Å². The van der Waals surface area contributed by atoms with Crippen LogP contribution in [0.3, 0.4) is 0 Å². The highest BCUT2D eigenvalue weighted by molar-refractivity contribution is 5.14. The van der Waals surface area contributed by atoms with Gasteiger partial charge in [0, 0.05) is 12.6 Å². The molecule has 1 heteroatoms. The van der Waals surface area contributed by atoms with E-state index in [0.717, 1.165) is 12.6 Å². The minimum absolute atomic E-state index is 0.838. The van der Waals surface area contributed by atoms with Crippen molar-refractivity contribution in [1.82, 2.24) is 4.90 Å². The fraction of sp³-hybridized carbons (Fsp3) is 0.647. The summed E-state index contributed by atoms with van der Waals surface area (Å²) >= 11 is 0. The molecule has 0 amide bonds. The van der Waals surface area contributed by atoms with E-state index >= 15 is 0 Å². The van der Waals surface area contributed by atoms with Crippen LogP contribution in [-0.4, -0.2) is 17.5 Å². The van der Waals surface area contributed by atoms with Gasteiger partial charge in [-0.15, -0.1) is 0 Å². The normalized spacial score (nSPS) is 17.2. The number of benzene rings is 1. The van der Waals surface area contributed by atoms with Crippen LogP contribution in [0.1, 0.15) is 57.4 Å². The zero-order valence-corrected chi connectivity index (χ0v) is 11.8. The van der Waals surface area contributed by atoms with Crippen LogP contribution in [0, 0.1) is 0 Å². The van der Waals surface area contributed by atoms with Gasteiger partial charge in [-0.2, -0.15) is 0 Å². The molecule has 0 atom stereocenters. The van der Waals surface area contributed by atoms with Gasteiger partial charge in [-0.1, -0.05) is 62.9 Å². The lowest BCUT2D eigenvalue weighted by Gasteiger charge is -2.34. The molecular formula is C17H27N. The monoisotopic (exact) mass is 245 g/mol. The molecule has 1 aromatic rings. The Bertz CT molecular complexity index is 314. The minimum Gasteiger partial charge on any atom is -0.296 e. The van der Waals surface area contributed by atoms with Gasteiger partial charge in [0.2, 0.25) is 0 Å². The van der Waals surface area contributed by atoms with Gasteiger partial charge >= 0.3 is 0 Å². The summed E-state index contributed by atoms with van der Waals surface area (Å²) in [5, 5.41) is 0. The second-order valence-corrected chi connectivity index (χ2v) is 5.60. The third-order valence-electron chi connectivity index (χ3n) is 4.12. The van der Waals surface area contributed by atoms with E-state index < -0.39 is 0 Å². The van der Waals surface area contributed by atoms with Crippen LogP contribution >= 0.6 is 0 Å². The second kappa shape index (κ2) is 7.58. The van der Waals surface area contributed by atoms with Crippen molar-refractivity contribution in [3.63, 3.8) is 0 Å². The number of unbranched alkanes of at least 4 members (excludes halogenated alkanes) is 1. The highest BCUT2D eigenvalue weighted by Crippen LogP contribution is 2.24. The van der Waals surface area contributed by atoms with Gasteiger partial charge in [0.25, 0.3) is 0 Å². The summed E-state index contributed by atoms with van der Waals surface area (Å²) in [5.41, 5.74) is 1.47. The maximum atomic E-state index is 2.73. The van der Waals surface area contributed by atoms with Crippen LogP contribution in [0.15, 0.2) is 30.3 Å². The molecule has 2 rings (SSSR count). The highest BCUT2D eigenvalue weighted by atomic mass is 15.1. The lowest BCUT2D eigenvalue weighted by Crippen LogP contribution is -2.37. The molecule has 0 unspecified atom stereocenters. The molecule has 1 aliphatic carbocycles. The maximum Gasteiger partial charge on any atom is 0.0236 e. The standard InChI is InChI=1S/C17H27N/c1-2-3-14-18(17-12-8-5-9-13-17)15-16-10-6-4-7-11-16/h4,6-7,10-11,17H,2-3,5,8-9,12-15H2,1H3. The third-order valence-corrected chi connectivity index (χ3v) is 4.12. The molecule has 0 aliphatic heterocycles. The first-order chi connectivity index (χ1) is 8.90. The Labute approximate surface area is 112 Å². The van der Waals surface area contributed by atoms with E-state index in [9.17, 15) is 0 Å². The minimum atomic E-state index is 0.838. The number of hydrogen-bond donors (Lipinski definition) is 0. The van der Waals surface area contributed by atoms with Gasteiger partial charge in [-0.25, -0.2) is 0 Å². The van der Waals surface area contributed by atoms with Gasteiger partial charge in [0.05, 0.1) is 0 Å². The molecule has 18 heavy (non-hydrogen) atoms. The largest absolute Gasteiger partial charge is 0.296 e. The van der Waals surface area contributed by atoms with E-state index in [1.165, 1.54) is 57.1 Å². The van der Waals surface area contributed by atoms with Crippen molar-refractivity contribution in [3.8, 4) is 0 Å². The zero-order chi connectivity index (χ0) is 12.6. The van der Waals surface area contributed by atoms with E-state index in [1.54, 1.807) is 0 Å². The van der Waals surface area contributed by atoms with Crippen molar-refractivity contribution in [2.45, 2.75) is 64.5 Å². The highest BCUT2D eigenvalue weighted by Gasteiger charge is 2.20. The van der Waals surface area contributed by atoms with Crippen molar-refractivity contribution >= 4 is 0 Å². The van der Waals surface area contributed by atoms with E-state index in [4.69, 9.17) is 0 Å². The predicted octanol–water partition coefficient (Wildman–Crippen LogP) is 4.62. The van der Waals surface area contributed by atoms with E-state index in [2.05, 4.69) is 42.2 Å². The fourth-order valence-corrected chi connectivity index (χ4v) is 3.02. The molecule has 0 N–H and O–H groups in total. The van der Waals surface area contributed by atoms with Crippen LogP contribution in [0.25, 0.3) is 0 Å². The first kappa shape index (κ1) is 13.6. The summed E-state index contributed by atoms with van der Waals surface area (Å²) in [4.78, 5) is 2.73. The first-order valence-electron chi connectivity index (χ1n) is 7.68. The Morgan fingerprint density at radius 1 is 1.06 bits per heavy atom. The van der Waals surface area contributed by atoms with Gasteiger partial charge in [0.1, 0.15) is 0 Å². The summed E-state index contributed by atoms with van der Waals surface area (Å²) in [6.45, 7) is 4.71. The lowest BCUT2D eigenvalue weighted by molar-refractivity contribution is 0.146. The van der Waals surface area contributed by atoms with Crippen molar-refractivity contribution in [2.24, 2.45) is 0 Å². The molecule has 1 saturated carbocycles. The Morgan fingerprint density at radius 3 is 2.44 bits per heavy atom. The van der Waals surface area contributed by atoms with Gasteiger partial charge in [0.15, 0.2) is 0 Å². The number of nitrogens with zero attached hydrogens (tertiary/aromatic N) is 1. The SMILES string of the molecule is CCCCN(Cc1ccccc1)C1CCCCC1. The molecule has 1 fully saturated rings. The number of hydrogen-bond acceptors (Lipinski definition) is 1. The van der Waals surface area contributed by atoms with E-state index in [-0.39, 0.29) is 0 Å². The molecule has 0 radical (unpaired) electrons. The molecule has 0 spiro atoms. The van der Waals surface area contributed by atoms with E-state index in [0.29, 0.717) is 0 Å². The molecule has 1 nitrogen and oxygen atoms in total. The quantitative estimate of drug-likeness (QED) is 0.707. The lowest BCUT2D eigenvalue weighted by atomic mass is 9.93. The molecule has 1 aliphatic rings. The van der Waals surface area contributed by atoms with Crippen molar-refractivity contribution < 1.29 is 0 Å². The molecule has 0 aromatic heterocycles. The van der Waals surface area contributed by atoms with Crippen molar-refractivity contribution in [1.29, 1.82) is 0 Å². The first-order valence-corrected chi connectivity index (χ1v) is 7.68. The fourth-order valence-electron chi connectivity index (χ4n) is 3.02. The summed E-state index contributed by atoms with van der Waals surface area (Å²) < 4.78 is 0. The summed E-state index contributed by atoms with van der Waals surface area (Å²) in [6.07, 6.45) is 9.78. The van der Waals surface area contributed by atoms with E-state index in [1.807, 2.05) is 0 Å². The van der Waals surface area contributed by atoms with Crippen LogP contribution < -0.4 is 0 Å². The Hall–Kier alpha value is -0.820. The average molecular weight is 245 g/mol. The maximum absolute atomic E-state index is 2.73. The van der Waals surface area contributed by atoms with Crippen LogP contribution in [0.5, 0.6) is 0 Å². The van der Waals surface area contributed by atoms with Crippen LogP contribution in [0.4, 0.5) is 0 Å². The van der Waals surface area contributed by atoms with Gasteiger partial charge in [-0.05, 0) is 31.4 Å². The van der Waals surface area contributed by atoms with Crippen molar-refractivity contribution in [3.05, 3.63) is 35.9 Å². The molecule has 1 aromatic carbocycles. The molecule has 100 valence electrons. The third kappa shape index (κ3) is 4.13. The van der Waals surface area contributed by atoms with Gasteiger partial charge in [-0.3, -0.25) is 4.90 Å². The average Bonchev–Trinajstić information content (AvgIpc) is 2.45. The summed E-state index contributed by atoms with van der Waals surface area (Å²) in [7, 11) is 0. The molecule has 0 bridgehead atoms. The predicted molar refractivity (Wildman–Crippen MR) is 78.6 cm³/mol. The summed E-state index contributed by atoms with van der Waals surface area (Å²) in [6, 6.07) is 11.8. The Kier molecular flexibility index (Phi) is 5.73. The molecular weight excluding hydrogens is 218 g/mol. The zero-order valence-electron chi connectivity index (χ0n) is 11.8. The molecule has 0 heterocycles. The summed E-state index contributed by atoms with van der Waals surface area (Å²) in [5.74, 6) is 0.